The van der Waals surface area contributed by atoms with Crippen molar-refractivity contribution in [2.45, 2.75) is 0 Å². The molecule has 0 spiro atoms. The standard InChI is InChI=1S/C13H7N3O5/c14-5-8-1-2-11(16(19)20)12(3-8)21-10-4-9(13(17)18)6-15-7-10/h1-4,6-7H,(H,17,18). The van der Waals surface area contributed by atoms with E-state index in [1.54, 1.807) is 0 Å². The van der Waals surface area contributed by atoms with Crippen LogP contribution in [0.1, 0.15) is 15.9 Å². The van der Waals surface area contributed by atoms with Crippen LogP contribution in [0.5, 0.6) is 11.5 Å². The van der Waals surface area contributed by atoms with Gasteiger partial charge in [0.1, 0.15) is 5.75 Å². The Morgan fingerprint density at radius 3 is 2.76 bits per heavy atom. The van der Waals surface area contributed by atoms with E-state index in [-0.39, 0.29) is 28.3 Å². The number of pyridine rings is 1. The number of carbonyl (C=O) groups is 1. The van der Waals surface area contributed by atoms with Crippen molar-refractivity contribution < 1.29 is 19.6 Å². The van der Waals surface area contributed by atoms with Gasteiger partial charge in [-0.2, -0.15) is 5.26 Å². The molecule has 0 aliphatic heterocycles. The van der Waals surface area contributed by atoms with Crippen molar-refractivity contribution in [2.75, 3.05) is 0 Å². The summed E-state index contributed by atoms with van der Waals surface area (Å²) in [5.41, 5.74) is -0.278. The fraction of sp³-hybridized carbons (Fsp3) is 0. The van der Waals surface area contributed by atoms with Crippen LogP contribution < -0.4 is 4.74 Å². The number of aromatic carboxylic acids is 1. The third-order valence-electron chi connectivity index (χ3n) is 2.47. The fourth-order valence-electron chi connectivity index (χ4n) is 1.53. The number of nitrogens with zero attached hydrogens (tertiary/aromatic N) is 3. The van der Waals surface area contributed by atoms with E-state index in [0.29, 0.717) is 0 Å². The summed E-state index contributed by atoms with van der Waals surface area (Å²) < 4.78 is 5.29. The quantitative estimate of drug-likeness (QED) is 0.674. The highest BCUT2D eigenvalue weighted by molar-refractivity contribution is 5.87. The van der Waals surface area contributed by atoms with Gasteiger partial charge < -0.3 is 9.84 Å². The predicted molar refractivity (Wildman–Crippen MR) is 69.1 cm³/mol. The zero-order valence-electron chi connectivity index (χ0n) is 10.4. The number of hydrogen-bond acceptors (Lipinski definition) is 6. The molecule has 0 saturated carbocycles. The maximum atomic E-state index is 10.9. The minimum atomic E-state index is -1.20. The first-order valence-electron chi connectivity index (χ1n) is 5.56. The second kappa shape index (κ2) is 5.66. The fourth-order valence-corrected chi connectivity index (χ4v) is 1.53. The van der Waals surface area contributed by atoms with Crippen LogP contribution in [0, 0.1) is 21.4 Å². The molecule has 2 aromatic rings. The number of ether oxygens (including phenoxy) is 1. The van der Waals surface area contributed by atoms with Crippen LogP contribution in [-0.4, -0.2) is 21.0 Å². The van der Waals surface area contributed by atoms with Crippen molar-refractivity contribution in [3.05, 3.63) is 57.9 Å². The third kappa shape index (κ3) is 3.10. The largest absolute Gasteiger partial charge is 0.478 e. The van der Waals surface area contributed by atoms with Crippen molar-refractivity contribution in [2.24, 2.45) is 0 Å². The molecular formula is C13H7N3O5. The van der Waals surface area contributed by atoms with Crippen LogP contribution >= 0.6 is 0 Å². The third-order valence-corrected chi connectivity index (χ3v) is 2.47. The molecule has 0 fully saturated rings. The number of benzene rings is 1. The number of aromatic nitrogens is 1. The van der Waals surface area contributed by atoms with Crippen LogP contribution in [0.4, 0.5) is 5.69 Å². The molecule has 1 heterocycles. The average molecular weight is 285 g/mol. The monoisotopic (exact) mass is 285 g/mol. The summed E-state index contributed by atoms with van der Waals surface area (Å²) in [6.07, 6.45) is 2.34. The molecule has 104 valence electrons. The zero-order chi connectivity index (χ0) is 15.4. The van der Waals surface area contributed by atoms with E-state index in [2.05, 4.69) is 4.98 Å². The summed E-state index contributed by atoms with van der Waals surface area (Å²) in [6, 6.07) is 6.65. The van der Waals surface area contributed by atoms with Crippen LogP contribution in [0.3, 0.4) is 0 Å². The second-order valence-electron chi connectivity index (χ2n) is 3.87. The van der Waals surface area contributed by atoms with Crippen LogP contribution in [0.25, 0.3) is 0 Å². The van der Waals surface area contributed by atoms with Gasteiger partial charge in [0.15, 0.2) is 0 Å². The molecule has 0 bridgehead atoms. The molecule has 2 rings (SSSR count). The molecule has 0 radical (unpaired) electrons. The lowest BCUT2D eigenvalue weighted by atomic mass is 10.2. The molecule has 0 atom stereocenters. The van der Waals surface area contributed by atoms with Crippen molar-refractivity contribution in [1.29, 1.82) is 5.26 Å². The highest BCUT2D eigenvalue weighted by Gasteiger charge is 2.17. The molecular weight excluding hydrogens is 278 g/mol. The van der Waals surface area contributed by atoms with E-state index >= 15 is 0 Å². The molecule has 1 aromatic heterocycles. The maximum Gasteiger partial charge on any atom is 0.337 e. The first-order valence-corrected chi connectivity index (χ1v) is 5.56. The molecule has 1 N–H and O–H groups in total. The van der Waals surface area contributed by atoms with E-state index < -0.39 is 10.9 Å². The molecule has 0 aliphatic rings. The van der Waals surface area contributed by atoms with Crippen LogP contribution in [0.2, 0.25) is 0 Å². The molecule has 8 nitrogen and oxygen atoms in total. The average Bonchev–Trinajstić information content (AvgIpc) is 2.47. The van der Waals surface area contributed by atoms with Gasteiger partial charge in [-0.1, -0.05) is 0 Å². The first-order chi connectivity index (χ1) is 10.0. The van der Waals surface area contributed by atoms with Crippen LogP contribution in [0.15, 0.2) is 36.7 Å². The zero-order valence-corrected chi connectivity index (χ0v) is 10.4. The van der Waals surface area contributed by atoms with Gasteiger partial charge in [-0.3, -0.25) is 15.1 Å². The summed E-state index contributed by atoms with van der Waals surface area (Å²) in [7, 11) is 0. The Morgan fingerprint density at radius 1 is 1.38 bits per heavy atom. The van der Waals surface area contributed by atoms with Crippen molar-refractivity contribution in [3.8, 4) is 17.6 Å². The van der Waals surface area contributed by atoms with Gasteiger partial charge in [0.2, 0.25) is 5.75 Å². The number of rotatable bonds is 4. The molecule has 0 amide bonds. The Labute approximate surface area is 118 Å². The number of nitriles is 1. The van der Waals surface area contributed by atoms with Gasteiger partial charge >= 0.3 is 11.7 Å². The lowest BCUT2D eigenvalue weighted by Gasteiger charge is -2.06. The molecule has 1 aromatic carbocycles. The maximum absolute atomic E-state index is 10.9. The predicted octanol–water partition coefficient (Wildman–Crippen LogP) is 2.35. The summed E-state index contributed by atoms with van der Waals surface area (Å²) in [5.74, 6) is -1.34. The van der Waals surface area contributed by atoms with Crippen LogP contribution in [-0.2, 0) is 0 Å². The van der Waals surface area contributed by atoms with Gasteiger partial charge in [-0.15, -0.1) is 0 Å². The van der Waals surface area contributed by atoms with Crippen molar-refractivity contribution in [3.63, 3.8) is 0 Å². The Hall–Kier alpha value is -3.47. The highest BCUT2D eigenvalue weighted by atomic mass is 16.6. The first kappa shape index (κ1) is 14.0. The molecule has 8 heteroatoms. The SMILES string of the molecule is N#Cc1ccc([N+](=O)[O-])c(Oc2cncc(C(=O)O)c2)c1. The molecule has 0 aliphatic carbocycles. The summed E-state index contributed by atoms with van der Waals surface area (Å²) in [5, 5.41) is 28.6. The number of hydrogen-bond donors (Lipinski definition) is 1. The summed E-state index contributed by atoms with van der Waals surface area (Å²) in [6.45, 7) is 0. The molecule has 0 unspecified atom stereocenters. The number of nitro benzene ring substituents is 1. The van der Waals surface area contributed by atoms with E-state index in [0.717, 1.165) is 12.3 Å². The second-order valence-corrected chi connectivity index (χ2v) is 3.87. The van der Waals surface area contributed by atoms with Gasteiger partial charge in [0.05, 0.1) is 28.3 Å². The minimum Gasteiger partial charge on any atom is -0.478 e. The van der Waals surface area contributed by atoms with E-state index in [9.17, 15) is 14.9 Å². The Morgan fingerprint density at radius 2 is 2.14 bits per heavy atom. The van der Waals surface area contributed by atoms with Crippen molar-refractivity contribution >= 4 is 11.7 Å². The number of carboxylic acids is 1. The minimum absolute atomic E-state index is 0.0214. The normalized spacial score (nSPS) is 9.67. The van der Waals surface area contributed by atoms with E-state index in [1.165, 1.54) is 24.4 Å². The van der Waals surface area contributed by atoms with E-state index in [4.69, 9.17) is 15.1 Å². The summed E-state index contributed by atoms with van der Waals surface area (Å²) >= 11 is 0. The Bertz CT molecular complexity index is 767. The molecule has 0 saturated heterocycles. The number of nitro groups is 1. The topological polar surface area (TPSA) is 126 Å². The molecule has 21 heavy (non-hydrogen) atoms. The Kier molecular flexibility index (Phi) is 3.76. The van der Waals surface area contributed by atoms with Gasteiger partial charge in [-0.25, -0.2) is 4.79 Å². The van der Waals surface area contributed by atoms with E-state index in [1.807, 2.05) is 6.07 Å². The lowest BCUT2D eigenvalue weighted by molar-refractivity contribution is -0.385. The number of carboxylic acid groups (broad SMARTS) is 1. The summed E-state index contributed by atoms with van der Waals surface area (Å²) in [4.78, 5) is 24.8. The lowest BCUT2D eigenvalue weighted by Crippen LogP contribution is -1.99. The van der Waals surface area contributed by atoms with Gasteiger partial charge in [0.25, 0.3) is 0 Å². The smallest absolute Gasteiger partial charge is 0.337 e. The highest BCUT2D eigenvalue weighted by Crippen LogP contribution is 2.32. The van der Waals surface area contributed by atoms with Gasteiger partial charge in [0, 0.05) is 18.3 Å². The van der Waals surface area contributed by atoms with Crippen molar-refractivity contribution in [1.82, 2.24) is 4.98 Å². The van der Waals surface area contributed by atoms with Gasteiger partial charge in [-0.05, 0) is 12.1 Å². The Balaban J connectivity index is 2.43.